The molecule has 1 aliphatic heterocycles. The number of halogens is 1. The number of hydrogen-bond donors (Lipinski definition) is 1. The van der Waals surface area contributed by atoms with Crippen LogP contribution in [0.15, 0.2) is 48.5 Å². The number of H-pyrrole nitrogens is 1. The van der Waals surface area contributed by atoms with E-state index in [0.29, 0.717) is 23.9 Å². The van der Waals surface area contributed by atoms with Gasteiger partial charge in [0.2, 0.25) is 0 Å². The van der Waals surface area contributed by atoms with Crippen LogP contribution < -0.4 is 4.74 Å². The van der Waals surface area contributed by atoms with Crippen LogP contribution in [0.2, 0.25) is 5.02 Å². The van der Waals surface area contributed by atoms with Crippen LogP contribution in [0.5, 0.6) is 5.75 Å². The van der Waals surface area contributed by atoms with Crippen LogP contribution in [-0.2, 0) is 13.2 Å². The summed E-state index contributed by atoms with van der Waals surface area (Å²) in [6, 6.07) is 15.2. The minimum absolute atomic E-state index is 0.152. The number of carbonyl (C=O) groups excluding carboxylic acids is 1. The summed E-state index contributed by atoms with van der Waals surface area (Å²) in [6.45, 7) is 0.785. The highest BCUT2D eigenvalue weighted by molar-refractivity contribution is 6.30. The number of nitrogens with one attached hydrogen (secondary N) is 1. The Balaban J connectivity index is 1.61. The van der Waals surface area contributed by atoms with Crippen molar-refractivity contribution in [2.24, 2.45) is 0 Å². The fourth-order valence-corrected chi connectivity index (χ4v) is 3.23. The Hall–Kier alpha value is -2.79. The summed E-state index contributed by atoms with van der Waals surface area (Å²) >= 11 is 6.01. The zero-order chi connectivity index (χ0) is 17.4. The van der Waals surface area contributed by atoms with E-state index in [9.17, 15) is 4.79 Å². The van der Waals surface area contributed by atoms with Gasteiger partial charge in [-0.15, -0.1) is 0 Å². The first-order valence-corrected chi connectivity index (χ1v) is 8.30. The Morgan fingerprint density at radius 2 is 2.12 bits per heavy atom. The van der Waals surface area contributed by atoms with Crippen molar-refractivity contribution in [3.8, 4) is 17.0 Å². The molecule has 5 nitrogen and oxygen atoms in total. The summed E-state index contributed by atoms with van der Waals surface area (Å²) in [4.78, 5) is 14.5. The zero-order valence-corrected chi connectivity index (χ0v) is 14.4. The molecule has 25 heavy (non-hydrogen) atoms. The Morgan fingerprint density at radius 1 is 1.28 bits per heavy atom. The highest BCUT2D eigenvalue weighted by Gasteiger charge is 2.27. The molecule has 0 spiro atoms. The minimum atomic E-state index is -0.152. The summed E-state index contributed by atoms with van der Waals surface area (Å²) in [6.07, 6.45) is 0. The average Bonchev–Trinajstić information content (AvgIpc) is 3.05. The molecular formula is C19H16ClN3O2. The number of benzene rings is 2. The van der Waals surface area contributed by atoms with E-state index in [1.54, 1.807) is 11.9 Å². The molecule has 0 saturated carbocycles. The lowest BCUT2D eigenvalue weighted by molar-refractivity contribution is 0.0776. The molecule has 0 bridgehead atoms. The third kappa shape index (κ3) is 2.87. The zero-order valence-electron chi connectivity index (χ0n) is 13.6. The third-order valence-corrected chi connectivity index (χ3v) is 4.49. The number of hydrogen-bond acceptors (Lipinski definition) is 3. The molecule has 4 rings (SSSR count). The number of para-hydroxylation sites is 1. The topological polar surface area (TPSA) is 58.2 Å². The molecule has 2 heterocycles. The number of rotatable bonds is 3. The van der Waals surface area contributed by atoms with Gasteiger partial charge in [-0.25, -0.2) is 0 Å². The maximum absolute atomic E-state index is 12.8. The molecule has 0 saturated heterocycles. The second-order valence-electron chi connectivity index (χ2n) is 6.00. The van der Waals surface area contributed by atoms with Gasteiger partial charge in [0.25, 0.3) is 5.91 Å². The van der Waals surface area contributed by atoms with E-state index in [-0.39, 0.29) is 5.91 Å². The molecule has 1 aromatic heterocycles. The molecule has 0 aliphatic carbocycles. The second kappa shape index (κ2) is 6.26. The lowest BCUT2D eigenvalue weighted by Crippen LogP contribution is -2.27. The number of fused-ring (bicyclic) bond motifs is 3. The summed E-state index contributed by atoms with van der Waals surface area (Å²) in [5.41, 5.74) is 3.93. The van der Waals surface area contributed by atoms with Crippen molar-refractivity contribution in [2.45, 2.75) is 13.2 Å². The smallest absolute Gasteiger partial charge is 0.274 e. The van der Waals surface area contributed by atoms with Crippen molar-refractivity contribution in [3.63, 3.8) is 0 Å². The van der Waals surface area contributed by atoms with Crippen molar-refractivity contribution in [1.82, 2.24) is 15.1 Å². The Labute approximate surface area is 150 Å². The quantitative estimate of drug-likeness (QED) is 0.777. The molecule has 6 heteroatoms. The van der Waals surface area contributed by atoms with Gasteiger partial charge in [-0.1, -0.05) is 35.9 Å². The summed E-state index contributed by atoms with van der Waals surface area (Å²) in [7, 11) is 1.75. The number of carbonyl (C=O) groups is 1. The molecule has 3 aromatic rings. The van der Waals surface area contributed by atoms with Crippen molar-refractivity contribution in [2.75, 3.05) is 7.05 Å². The van der Waals surface area contributed by atoms with Gasteiger partial charge in [0, 0.05) is 29.7 Å². The maximum atomic E-state index is 12.8. The van der Waals surface area contributed by atoms with E-state index in [1.807, 2.05) is 48.5 Å². The highest BCUT2D eigenvalue weighted by Crippen LogP contribution is 2.37. The first-order chi connectivity index (χ1) is 12.1. The van der Waals surface area contributed by atoms with Crippen molar-refractivity contribution in [3.05, 3.63) is 70.4 Å². The van der Waals surface area contributed by atoms with Crippen LogP contribution in [0.4, 0.5) is 0 Å². The largest absolute Gasteiger partial charge is 0.488 e. The van der Waals surface area contributed by atoms with Gasteiger partial charge in [0.15, 0.2) is 5.69 Å². The fraction of sp³-hybridized carbons (Fsp3) is 0.158. The van der Waals surface area contributed by atoms with Gasteiger partial charge >= 0.3 is 0 Å². The lowest BCUT2D eigenvalue weighted by Gasteiger charge is -2.20. The number of amides is 1. The van der Waals surface area contributed by atoms with Crippen LogP contribution in [0, 0.1) is 0 Å². The van der Waals surface area contributed by atoms with Crippen molar-refractivity contribution < 1.29 is 9.53 Å². The Morgan fingerprint density at radius 3 is 2.96 bits per heavy atom. The first kappa shape index (κ1) is 15.7. The molecule has 0 unspecified atom stereocenters. The maximum Gasteiger partial charge on any atom is 0.274 e. The van der Waals surface area contributed by atoms with Gasteiger partial charge in [0.1, 0.15) is 12.4 Å². The van der Waals surface area contributed by atoms with Gasteiger partial charge in [-0.2, -0.15) is 5.10 Å². The first-order valence-electron chi connectivity index (χ1n) is 7.93. The minimum Gasteiger partial charge on any atom is -0.488 e. The number of aromatic nitrogens is 2. The van der Waals surface area contributed by atoms with Crippen molar-refractivity contribution >= 4 is 17.5 Å². The van der Waals surface area contributed by atoms with Gasteiger partial charge in [-0.05, 0) is 29.8 Å². The number of nitrogens with zero attached hydrogens (tertiary/aromatic N) is 2. The van der Waals surface area contributed by atoms with Crippen LogP contribution in [0.1, 0.15) is 21.6 Å². The molecule has 0 radical (unpaired) electrons. The fourth-order valence-electron chi connectivity index (χ4n) is 3.02. The van der Waals surface area contributed by atoms with Crippen LogP contribution in [0.25, 0.3) is 11.3 Å². The van der Waals surface area contributed by atoms with E-state index < -0.39 is 0 Å². The molecule has 2 aromatic carbocycles. The lowest BCUT2D eigenvalue weighted by atomic mass is 10.0. The van der Waals surface area contributed by atoms with E-state index in [2.05, 4.69) is 10.2 Å². The predicted octanol–water partition coefficient (Wildman–Crippen LogP) is 3.89. The van der Waals surface area contributed by atoms with Crippen LogP contribution in [0.3, 0.4) is 0 Å². The van der Waals surface area contributed by atoms with Gasteiger partial charge in [0.05, 0.1) is 5.69 Å². The Bertz CT molecular complexity index is 951. The SMILES string of the molecule is CN(Cc1cccc(Cl)c1)C(=O)c1n[nH]c2c1COc1ccccc1-2. The molecule has 0 atom stereocenters. The standard InChI is InChI=1S/C19H16ClN3O2/c1-23(10-12-5-4-6-13(20)9-12)19(24)18-15-11-25-16-8-3-2-7-14(16)17(15)21-22-18/h2-9H,10-11H2,1H3,(H,21,22). The molecular weight excluding hydrogens is 338 g/mol. The molecule has 1 amide bonds. The molecule has 0 fully saturated rings. The average molecular weight is 354 g/mol. The molecule has 1 aliphatic rings. The molecule has 126 valence electrons. The molecule has 1 N–H and O–H groups in total. The van der Waals surface area contributed by atoms with Crippen LogP contribution >= 0.6 is 11.6 Å². The number of ether oxygens (including phenoxy) is 1. The normalized spacial score (nSPS) is 12.1. The number of aromatic amines is 1. The van der Waals surface area contributed by atoms with E-state index in [4.69, 9.17) is 16.3 Å². The summed E-state index contributed by atoms with van der Waals surface area (Å²) in [5.74, 6) is 0.644. The van der Waals surface area contributed by atoms with E-state index in [0.717, 1.165) is 28.1 Å². The summed E-state index contributed by atoms with van der Waals surface area (Å²) < 4.78 is 5.76. The summed E-state index contributed by atoms with van der Waals surface area (Å²) in [5, 5.41) is 7.90. The highest BCUT2D eigenvalue weighted by atomic mass is 35.5. The van der Waals surface area contributed by atoms with Crippen molar-refractivity contribution in [1.29, 1.82) is 0 Å². The van der Waals surface area contributed by atoms with Crippen LogP contribution in [-0.4, -0.2) is 28.1 Å². The van der Waals surface area contributed by atoms with E-state index in [1.165, 1.54) is 0 Å². The Kier molecular flexibility index (Phi) is 3.93. The third-order valence-electron chi connectivity index (χ3n) is 4.25. The van der Waals surface area contributed by atoms with E-state index >= 15 is 0 Å². The predicted molar refractivity (Wildman–Crippen MR) is 95.6 cm³/mol. The second-order valence-corrected chi connectivity index (χ2v) is 6.44. The monoisotopic (exact) mass is 353 g/mol. The van der Waals surface area contributed by atoms with Gasteiger partial charge < -0.3 is 9.64 Å². The van der Waals surface area contributed by atoms with Gasteiger partial charge in [-0.3, -0.25) is 9.89 Å².